The van der Waals surface area contributed by atoms with Crippen LogP contribution in [0.5, 0.6) is 0 Å². The van der Waals surface area contributed by atoms with E-state index in [1.165, 1.54) is 12.1 Å². The number of rotatable bonds is 5. The molecule has 5 nitrogen and oxygen atoms in total. The van der Waals surface area contributed by atoms with Crippen molar-refractivity contribution in [2.45, 2.75) is 38.1 Å². The summed E-state index contributed by atoms with van der Waals surface area (Å²) in [6, 6.07) is 2.81. The average molecular weight is 398 g/mol. The Morgan fingerprint density at radius 2 is 2.00 bits per heavy atom. The van der Waals surface area contributed by atoms with E-state index in [0.29, 0.717) is 11.0 Å². The van der Waals surface area contributed by atoms with Crippen LogP contribution < -0.4 is 5.14 Å². The highest BCUT2D eigenvalue weighted by atomic mass is 79.9. The molecular formula is C13H18BrClN2O3S. The highest BCUT2D eigenvalue weighted by molar-refractivity contribution is 9.10. The van der Waals surface area contributed by atoms with Crippen LogP contribution in [0.2, 0.25) is 5.02 Å². The van der Waals surface area contributed by atoms with Gasteiger partial charge in [0, 0.05) is 17.1 Å². The Bertz CT molecular complexity index is 649. The molecule has 1 unspecified atom stereocenters. The summed E-state index contributed by atoms with van der Waals surface area (Å²) in [5.74, 6) is -0.317. The van der Waals surface area contributed by atoms with E-state index in [0.717, 1.165) is 6.42 Å². The molecule has 1 aromatic carbocycles. The molecule has 1 amide bonds. The van der Waals surface area contributed by atoms with E-state index in [9.17, 15) is 13.2 Å². The monoisotopic (exact) mass is 396 g/mol. The quantitative estimate of drug-likeness (QED) is 0.829. The molecule has 8 heteroatoms. The maximum atomic E-state index is 12.6. The third kappa shape index (κ3) is 4.18. The van der Waals surface area contributed by atoms with Gasteiger partial charge in [0.15, 0.2) is 0 Å². The van der Waals surface area contributed by atoms with Gasteiger partial charge in [-0.1, -0.05) is 34.5 Å². The molecule has 0 spiro atoms. The predicted octanol–water partition coefficient (Wildman–Crippen LogP) is 3.01. The van der Waals surface area contributed by atoms with E-state index in [4.69, 9.17) is 16.7 Å². The minimum absolute atomic E-state index is 0.0236. The molecule has 0 aliphatic heterocycles. The molecule has 2 N–H and O–H groups in total. The molecule has 118 valence electrons. The number of carbonyl (C=O) groups excluding carboxylic acids is 1. The Balaban J connectivity index is 3.44. The summed E-state index contributed by atoms with van der Waals surface area (Å²) in [6.45, 7) is 6.25. The van der Waals surface area contributed by atoms with E-state index in [2.05, 4.69) is 15.9 Å². The highest BCUT2D eigenvalue weighted by Crippen LogP contribution is 2.30. The first-order chi connectivity index (χ1) is 9.63. The zero-order valence-corrected chi connectivity index (χ0v) is 15.2. The van der Waals surface area contributed by atoms with Gasteiger partial charge in [-0.05, 0) is 32.4 Å². The summed E-state index contributed by atoms with van der Waals surface area (Å²) in [4.78, 5) is 14.0. The third-order valence-corrected chi connectivity index (χ3v) is 5.18. The lowest BCUT2D eigenvalue weighted by molar-refractivity contribution is 0.0700. The fourth-order valence-electron chi connectivity index (χ4n) is 1.96. The minimum atomic E-state index is -4.00. The largest absolute Gasteiger partial charge is 0.336 e. The summed E-state index contributed by atoms with van der Waals surface area (Å²) >= 11 is 9.27. The molecule has 0 aliphatic rings. The first-order valence-corrected chi connectivity index (χ1v) is 9.18. The van der Waals surface area contributed by atoms with E-state index < -0.39 is 10.0 Å². The van der Waals surface area contributed by atoms with Gasteiger partial charge in [0.05, 0.1) is 10.6 Å². The van der Waals surface area contributed by atoms with Gasteiger partial charge in [0.1, 0.15) is 4.90 Å². The zero-order valence-electron chi connectivity index (χ0n) is 12.1. The standard InChI is InChI=1S/C13H18BrClN2O3S/c1-4-8(3)17(5-2)13(18)10-6-9(14)7-11(12(10)15)21(16,19)20/h6-8H,4-5H2,1-3H3,(H2,16,19,20). The molecule has 0 saturated heterocycles. The van der Waals surface area contributed by atoms with Crippen molar-refractivity contribution in [2.75, 3.05) is 6.54 Å². The zero-order chi connectivity index (χ0) is 16.4. The molecule has 0 radical (unpaired) electrons. The van der Waals surface area contributed by atoms with Gasteiger partial charge in [-0.2, -0.15) is 0 Å². The minimum Gasteiger partial charge on any atom is -0.336 e. The van der Waals surface area contributed by atoms with Crippen LogP contribution in [-0.2, 0) is 10.0 Å². The molecule has 0 aliphatic carbocycles. The third-order valence-electron chi connectivity index (χ3n) is 3.27. The number of nitrogens with zero attached hydrogens (tertiary/aromatic N) is 1. The molecule has 0 fully saturated rings. The summed E-state index contributed by atoms with van der Waals surface area (Å²) in [7, 11) is -4.00. The van der Waals surface area contributed by atoms with Crippen LogP contribution in [0.25, 0.3) is 0 Å². The Hall–Kier alpha value is -0.630. The van der Waals surface area contributed by atoms with E-state index in [1.807, 2.05) is 20.8 Å². The van der Waals surface area contributed by atoms with Crippen molar-refractivity contribution in [1.29, 1.82) is 0 Å². The van der Waals surface area contributed by atoms with Crippen LogP contribution in [0.4, 0.5) is 0 Å². The number of carbonyl (C=O) groups is 1. The van der Waals surface area contributed by atoms with Crippen molar-refractivity contribution in [1.82, 2.24) is 4.90 Å². The molecule has 0 saturated carbocycles. The number of primary sulfonamides is 1. The fraction of sp³-hybridized carbons (Fsp3) is 0.462. The summed E-state index contributed by atoms with van der Waals surface area (Å²) in [6.07, 6.45) is 0.785. The van der Waals surface area contributed by atoms with Crippen molar-refractivity contribution in [2.24, 2.45) is 5.14 Å². The lowest BCUT2D eigenvalue weighted by Gasteiger charge is -2.28. The van der Waals surface area contributed by atoms with Crippen molar-refractivity contribution in [3.8, 4) is 0 Å². The topological polar surface area (TPSA) is 80.5 Å². The van der Waals surface area contributed by atoms with Gasteiger partial charge in [-0.3, -0.25) is 4.79 Å². The Kier molecular flexibility index (Phi) is 6.22. The second kappa shape index (κ2) is 7.09. The summed E-state index contributed by atoms with van der Waals surface area (Å²) in [5.41, 5.74) is 0.122. The molecule has 0 bridgehead atoms. The second-order valence-electron chi connectivity index (χ2n) is 4.66. The van der Waals surface area contributed by atoms with Crippen LogP contribution >= 0.6 is 27.5 Å². The van der Waals surface area contributed by atoms with Gasteiger partial charge >= 0.3 is 0 Å². The Morgan fingerprint density at radius 3 is 2.43 bits per heavy atom. The molecular weight excluding hydrogens is 380 g/mol. The summed E-state index contributed by atoms with van der Waals surface area (Å²) < 4.78 is 23.5. The average Bonchev–Trinajstić information content (AvgIpc) is 2.40. The first kappa shape index (κ1) is 18.4. The SMILES string of the molecule is CCC(C)N(CC)C(=O)c1cc(Br)cc(S(N)(=O)=O)c1Cl. The van der Waals surface area contributed by atoms with E-state index in [-0.39, 0.29) is 27.4 Å². The smallest absolute Gasteiger partial charge is 0.255 e. The fourth-order valence-corrected chi connectivity index (χ4v) is 3.73. The van der Waals surface area contributed by atoms with E-state index in [1.54, 1.807) is 4.90 Å². The number of sulfonamides is 1. The summed E-state index contributed by atoms with van der Waals surface area (Å²) in [5, 5.41) is 4.99. The lowest BCUT2D eigenvalue weighted by atomic mass is 10.1. The number of benzene rings is 1. The Morgan fingerprint density at radius 1 is 1.43 bits per heavy atom. The number of amides is 1. The molecule has 1 aromatic rings. The first-order valence-electron chi connectivity index (χ1n) is 6.46. The number of hydrogen-bond donors (Lipinski definition) is 1. The molecule has 0 aromatic heterocycles. The molecule has 1 atom stereocenters. The Labute approximate surface area is 138 Å². The van der Waals surface area contributed by atoms with Crippen molar-refractivity contribution in [3.63, 3.8) is 0 Å². The number of nitrogens with two attached hydrogens (primary N) is 1. The van der Waals surface area contributed by atoms with Crippen LogP contribution in [0.15, 0.2) is 21.5 Å². The van der Waals surface area contributed by atoms with Crippen LogP contribution in [0.3, 0.4) is 0 Å². The lowest BCUT2D eigenvalue weighted by Crippen LogP contribution is -2.38. The van der Waals surface area contributed by atoms with Gasteiger partial charge in [0.2, 0.25) is 10.0 Å². The van der Waals surface area contributed by atoms with Crippen LogP contribution in [0, 0.1) is 0 Å². The van der Waals surface area contributed by atoms with Crippen molar-refractivity contribution in [3.05, 3.63) is 27.2 Å². The maximum absolute atomic E-state index is 12.6. The molecule has 1 rings (SSSR count). The second-order valence-corrected chi connectivity index (χ2v) is 7.48. The normalized spacial score (nSPS) is 13.0. The van der Waals surface area contributed by atoms with Crippen molar-refractivity contribution >= 4 is 43.5 Å². The predicted molar refractivity (Wildman–Crippen MR) is 87.0 cm³/mol. The number of hydrogen-bond acceptors (Lipinski definition) is 3. The van der Waals surface area contributed by atoms with Gasteiger partial charge in [-0.25, -0.2) is 13.6 Å². The van der Waals surface area contributed by atoms with E-state index >= 15 is 0 Å². The van der Waals surface area contributed by atoms with Gasteiger partial charge in [0.25, 0.3) is 5.91 Å². The maximum Gasteiger partial charge on any atom is 0.255 e. The van der Waals surface area contributed by atoms with Crippen LogP contribution in [0.1, 0.15) is 37.6 Å². The molecule has 21 heavy (non-hydrogen) atoms. The van der Waals surface area contributed by atoms with Gasteiger partial charge < -0.3 is 4.90 Å². The van der Waals surface area contributed by atoms with Crippen molar-refractivity contribution < 1.29 is 13.2 Å². The van der Waals surface area contributed by atoms with Gasteiger partial charge in [-0.15, -0.1) is 0 Å². The molecule has 0 heterocycles. The highest BCUT2D eigenvalue weighted by Gasteiger charge is 2.25. The van der Waals surface area contributed by atoms with Crippen LogP contribution in [-0.4, -0.2) is 31.8 Å². The number of halogens is 2.